The Hall–Kier alpha value is -2.19. The molecule has 30 heavy (non-hydrogen) atoms. The molecule has 2 rings (SSSR count). The molecule has 8 heteroatoms. The number of carbonyl (C=O) groups excluding carboxylic acids is 1. The van der Waals surface area contributed by atoms with Gasteiger partial charge < -0.3 is 20.3 Å². The predicted octanol–water partition coefficient (Wildman–Crippen LogP) is 1.45. The van der Waals surface area contributed by atoms with E-state index in [0.717, 1.165) is 44.2 Å². The summed E-state index contributed by atoms with van der Waals surface area (Å²) in [6.07, 6.45) is 0. The van der Waals surface area contributed by atoms with Crippen LogP contribution in [0.2, 0.25) is 0 Å². The summed E-state index contributed by atoms with van der Waals surface area (Å²) in [6.45, 7) is 12.2. The highest BCUT2D eigenvalue weighted by molar-refractivity contribution is 5.80. The number of nitrogens with zero attached hydrogens (tertiary/aromatic N) is 3. The van der Waals surface area contributed by atoms with Crippen LogP contribution in [0.5, 0.6) is 0 Å². The fourth-order valence-electron chi connectivity index (χ4n) is 3.37. The molecule has 0 aliphatic carbocycles. The lowest BCUT2D eigenvalue weighted by molar-refractivity contribution is -0.122. The van der Waals surface area contributed by atoms with Gasteiger partial charge in [0.1, 0.15) is 5.82 Å². The van der Waals surface area contributed by atoms with Crippen molar-refractivity contribution in [2.75, 3.05) is 66.1 Å². The first-order valence-corrected chi connectivity index (χ1v) is 10.6. The first-order valence-electron chi connectivity index (χ1n) is 10.6. The number of methoxy groups -OCH3 is 1. The van der Waals surface area contributed by atoms with E-state index in [1.54, 1.807) is 19.2 Å². The number of piperazine rings is 1. The lowest BCUT2D eigenvalue weighted by Crippen LogP contribution is -2.54. The Morgan fingerprint density at radius 2 is 1.97 bits per heavy atom. The smallest absolute Gasteiger partial charge is 0.234 e. The lowest BCUT2D eigenvalue weighted by Gasteiger charge is -2.36. The van der Waals surface area contributed by atoms with Gasteiger partial charge in [0.2, 0.25) is 5.91 Å². The fourth-order valence-corrected chi connectivity index (χ4v) is 3.37. The van der Waals surface area contributed by atoms with Gasteiger partial charge in [-0.2, -0.15) is 0 Å². The molecule has 0 saturated carbocycles. The minimum absolute atomic E-state index is 0.0258. The number of rotatable bonds is 9. The molecule has 168 valence electrons. The topological polar surface area (TPSA) is 69.2 Å². The fraction of sp³-hybridized carbons (Fsp3) is 0.636. The molecular weight excluding hydrogens is 385 g/mol. The molecule has 1 fully saturated rings. The van der Waals surface area contributed by atoms with Crippen LogP contribution >= 0.6 is 0 Å². The maximum atomic E-state index is 13.6. The van der Waals surface area contributed by atoms with E-state index < -0.39 is 0 Å². The van der Waals surface area contributed by atoms with E-state index >= 15 is 0 Å². The number of hydrogen-bond donors (Lipinski definition) is 2. The number of carbonyl (C=O) groups is 1. The van der Waals surface area contributed by atoms with Gasteiger partial charge in [0, 0.05) is 51.8 Å². The number of hydrogen-bond acceptors (Lipinski definition) is 4. The first-order chi connectivity index (χ1) is 14.4. The summed E-state index contributed by atoms with van der Waals surface area (Å²) in [5, 5.41) is 6.23. The van der Waals surface area contributed by atoms with Crippen molar-refractivity contribution in [2.45, 2.75) is 26.2 Å². The molecule has 2 N–H and O–H groups in total. The average Bonchev–Trinajstić information content (AvgIpc) is 2.72. The highest BCUT2D eigenvalue weighted by atomic mass is 19.1. The summed E-state index contributed by atoms with van der Waals surface area (Å²) < 4.78 is 18.6. The number of nitrogens with one attached hydrogen (secondary N) is 2. The van der Waals surface area contributed by atoms with Crippen LogP contribution in [0.25, 0.3) is 0 Å². The molecule has 1 aromatic carbocycles. The molecule has 1 aromatic rings. The standard InChI is InChI=1S/C22H36FN5O2/c1-5-24-21(26-17-22(2,3)18-7-6-8-19(23)15-18)28-12-10-27(11-13-28)16-20(29)25-9-14-30-4/h6-8,15H,5,9-14,16-17H2,1-4H3,(H,24,26)(H,25,29). The van der Waals surface area contributed by atoms with Gasteiger partial charge in [-0.3, -0.25) is 14.7 Å². The largest absolute Gasteiger partial charge is 0.383 e. The summed E-state index contributed by atoms with van der Waals surface area (Å²) >= 11 is 0. The number of guanidine groups is 1. The molecule has 0 bridgehead atoms. The molecule has 0 spiro atoms. The maximum absolute atomic E-state index is 13.6. The third-order valence-electron chi connectivity index (χ3n) is 5.23. The molecule has 1 saturated heterocycles. The van der Waals surface area contributed by atoms with Crippen LogP contribution in [-0.2, 0) is 14.9 Å². The second-order valence-corrected chi connectivity index (χ2v) is 8.17. The summed E-state index contributed by atoms with van der Waals surface area (Å²) in [5.74, 6) is 0.669. The molecule has 0 aromatic heterocycles. The van der Waals surface area contributed by atoms with Crippen LogP contribution in [0.4, 0.5) is 4.39 Å². The van der Waals surface area contributed by atoms with Crippen LogP contribution in [0.3, 0.4) is 0 Å². The Kier molecular flexibility index (Phi) is 9.52. The predicted molar refractivity (Wildman–Crippen MR) is 118 cm³/mol. The number of amides is 1. The molecule has 0 radical (unpaired) electrons. The third-order valence-corrected chi connectivity index (χ3v) is 5.23. The minimum atomic E-state index is -0.273. The van der Waals surface area contributed by atoms with Gasteiger partial charge in [0.15, 0.2) is 5.96 Å². The van der Waals surface area contributed by atoms with Crippen molar-refractivity contribution < 1.29 is 13.9 Å². The molecule has 0 unspecified atom stereocenters. The highest BCUT2D eigenvalue weighted by Crippen LogP contribution is 2.24. The molecular formula is C22H36FN5O2. The molecule has 1 aliphatic heterocycles. The van der Waals surface area contributed by atoms with Gasteiger partial charge in [-0.15, -0.1) is 0 Å². The summed E-state index contributed by atoms with van der Waals surface area (Å²) in [6, 6.07) is 6.73. The van der Waals surface area contributed by atoms with Crippen molar-refractivity contribution in [1.29, 1.82) is 0 Å². The zero-order valence-electron chi connectivity index (χ0n) is 18.7. The number of aliphatic imine (C=N–C) groups is 1. The molecule has 7 nitrogen and oxygen atoms in total. The van der Waals surface area contributed by atoms with Gasteiger partial charge in [-0.1, -0.05) is 26.0 Å². The van der Waals surface area contributed by atoms with Crippen molar-refractivity contribution >= 4 is 11.9 Å². The molecule has 0 atom stereocenters. The van der Waals surface area contributed by atoms with E-state index in [1.807, 2.05) is 13.0 Å². The number of benzene rings is 1. The normalized spacial score (nSPS) is 15.9. The monoisotopic (exact) mass is 421 g/mol. The molecule has 1 heterocycles. The number of ether oxygens (including phenoxy) is 1. The van der Waals surface area contributed by atoms with Crippen molar-refractivity contribution in [3.05, 3.63) is 35.6 Å². The molecule has 1 amide bonds. The summed E-state index contributed by atoms with van der Waals surface area (Å²) in [4.78, 5) is 21.2. The summed E-state index contributed by atoms with van der Waals surface area (Å²) in [5.41, 5.74) is 0.664. The Morgan fingerprint density at radius 1 is 1.23 bits per heavy atom. The first kappa shape index (κ1) is 24.1. The van der Waals surface area contributed by atoms with Crippen molar-refractivity contribution in [2.24, 2.45) is 4.99 Å². The van der Waals surface area contributed by atoms with E-state index in [4.69, 9.17) is 9.73 Å². The Labute approximate surface area is 179 Å². The van der Waals surface area contributed by atoms with Crippen LogP contribution in [-0.4, -0.2) is 87.7 Å². The zero-order chi connectivity index (χ0) is 22.0. The van der Waals surface area contributed by atoms with E-state index in [-0.39, 0.29) is 17.1 Å². The Bertz CT molecular complexity index is 703. The van der Waals surface area contributed by atoms with Crippen LogP contribution in [0.1, 0.15) is 26.3 Å². The Morgan fingerprint density at radius 3 is 2.60 bits per heavy atom. The second kappa shape index (κ2) is 11.9. The SMILES string of the molecule is CCNC(=NCC(C)(C)c1cccc(F)c1)N1CCN(CC(=O)NCCOC)CC1. The van der Waals surface area contributed by atoms with Crippen LogP contribution < -0.4 is 10.6 Å². The third kappa shape index (κ3) is 7.57. The van der Waals surface area contributed by atoms with Crippen molar-refractivity contribution in [1.82, 2.24) is 20.4 Å². The zero-order valence-corrected chi connectivity index (χ0v) is 18.7. The van der Waals surface area contributed by atoms with E-state index in [9.17, 15) is 9.18 Å². The van der Waals surface area contributed by atoms with E-state index in [2.05, 4.69) is 34.3 Å². The van der Waals surface area contributed by atoms with Gasteiger partial charge in [-0.05, 0) is 24.6 Å². The lowest BCUT2D eigenvalue weighted by atomic mass is 9.85. The maximum Gasteiger partial charge on any atom is 0.234 e. The van der Waals surface area contributed by atoms with Gasteiger partial charge in [0.05, 0.1) is 19.7 Å². The van der Waals surface area contributed by atoms with Gasteiger partial charge in [0.25, 0.3) is 0 Å². The average molecular weight is 422 g/mol. The van der Waals surface area contributed by atoms with Crippen molar-refractivity contribution in [3.63, 3.8) is 0 Å². The van der Waals surface area contributed by atoms with Gasteiger partial charge in [-0.25, -0.2) is 4.39 Å². The van der Waals surface area contributed by atoms with Crippen LogP contribution in [0, 0.1) is 5.82 Å². The number of halogens is 1. The van der Waals surface area contributed by atoms with Gasteiger partial charge >= 0.3 is 0 Å². The summed E-state index contributed by atoms with van der Waals surface area (Å²) in [7, 11) is 1.62. The molecule has 1 aliphatic rings. The highest BCUT2D eigenvalue weighted by Gasteiger charge is 2.24. The van der Waals surface area contributed by atoms with E-state index in [0.29, 0.717) is 26.2 Å². The minimum Gasteiger partial charge on any atom is -0.383 e. The Balaban J connectivity index is 1.91. The van der Waals surface area contributed by atoms with Crippen molar-refractivity contribution in [3.8, 4) is 0 Å². The van der Waals surface area contributed by atoms with E-state index in [1.165, 1.54) is 6.07 Å². The quantitative estimate of drug-likeness (QED) is 0.359. The van der Waals surface area contributed by atoms with Crippen LogP contribution in [0.15, 0.2) is 29.3 Å². The second-order valence-electron chi connectivity index (χ2n) is 8.17.